The Labute approximate surface area is 128 Å². The summed E-state index contributed by atoms with van der Waals surface area (Å²) in [6, 6.07) is 8.42. The number of ether oxygens (including phenoxy) is 1. The lowest BCUT2D eigenvalue weighted by atomic mass is 9.77. The smallest absolute Gasteiger partial charge is 0.0496 e. The summed E-state index contributed by atoms with van der Waals surface area (Å²) >= 11 is 5.95. The van der Waals surface area contributed by atoms with Crippen molar-refractivity contribution < 1.29 is 4.74 Å². The highest BCUT2D eigenvalue weighted by Gasteiger charge is 2.21. The minimum Gasteiger partial charge on any atom is -0.384 e. The van der Waals surface area contributed by atoms with Crippen LogP contribution in [0.4, 0.5) is 0 Å². The van der Waals surface area contributed by atoms with Crippen LogP contribution in [-0.4, -0.2) is 13.7 Å². The van der Waals surface area contributed by atoms with Gasteiger partial charge in [0, 0.05) is 18.7 Å². The number of allylic oxidation sites excluding steroid dienone is 1. The van der Waals surface area contributed by atoms with Crippen molar-refractivity contribution in [3.63, 3.8) is 0 Å². The Bertz CT molecular complexity index is 402. The van der Waals surface area contributed by atoms with Crippen LogP contribution in [0.3, 0.4) is 0 Å². The van der Waals surface area contributed by atoms with E-state index >= 15 is 0 Å². The van der Waals surface area contributed by atoms with Crippen molar-refractivity contribution in [1.29, 1.82) is 0 Å². The van der Waals surface area contributed by atoms with Gasteiger partial charge in [-0.25, -0.2) is 0 Å². The molecule has 1 fully saturated rings. The lowest BCUT2D eigenvalue weighted by molar-refractivity contribution is 0.204. The number of methoxy groups -OCH3 is 1. The second-order valence-corrected chi connectivity index (χ2v) is 6.19. The van der Waals surface area contributed by atoms with Crippen molar-refractivity contribution in [1.82, 2.24) is 0 Å². The molecule has 1 saturated carbocycles. The first-order chi connectivity index (χ1) is 9.79. The summed E-state index contributed by atoms with van der Waals surface area (Å²) in [5, 5.41) is 0.837. The van der Waals surface area contributed by atoms with Gasteiger partial charge >= 0.3 is 0 Å². The maximum absolute atomic E-state index is 5.95. The van der Waals surface area contributed by atoms with E-state index in [9.17, 15) is 0 Å². The van der Waals surface area contributed by atoms with Crippen molar-refractivity contribution in [3.05, 3.63) is 47.0 Å². The topological polar surface area (TPSA) is 9.23 Å². The SMILES string of the molecule is COCC/C=C/C[C@H]1CC[C@H](c2ccc(Cl)cc2)CC1. The lowest BCUT2D eigenvalue weighted by Crippen LogP contribution is -2.12. The molecule has 1 aromatic rings. The van der Waals surface area contributed by atoms with Gasteiger partial charge < -0.3 is 4.74 Å². The quantitative estimate of drug-likeness (QED) is 0.490. The van der Waals surface area contributed by atoms with Gasteiger partial charge in [-0.05, 0) is 68.1 Å². The van der Waals surface area contributed by atoms with E-state index in [1.54, 1.807) is 7.11 Å². The number of benzene rings is 1. The normalized spacial score (nSPS) is 23.3. The molecule has 1 aliphatic rings. The molecule has 0 heterocycles. The number of rotatable bonds is 6. The summed E-state index contributed by atoms with van der Waals surface area (Å²) in [7, 11) is 1.76. The molecule has 0 unspecified atom stereocenters. The highest BCUT2D eigenvalue weighted by Crippen LogP contribution is 2.37. The molecule has 110 valence electrons. The third-order valence-electron chi connectivity index (χ3n) is 4.31. The first kappa shape index (κ1) is 15.6. The number of hydrogen-bond acceptors (Lipinski definition) is 1. The summed E-state index contributed by atoms with van der Waals surface area (Å²) < 4.78 is 5.04. The lowest BCUT2D eigenvalue weighted by Gasteiger charge is -2.28. The van der Waals surface area contributed by atoms with Gasteiger partial charge in [-0.2, -0.15) is 0 Å². The Morgan fingerprint density at radius 1 is 1.10 bits per heavy atom. The molecule has 0 bridgehead atoms. The molecule has 0 spiro atoms. The maximum atomic E-state index is 5.95. The molecule has 0 amide bonds. The molecule has 1 aromatic carbocycles. The predicted octanol–water partition coefficient (Wildman–Crippen LogP) is 5.60. The van der Waals surface area contributed by atoms with Gasteiger partial charge in [-0.1, -0.05) is 35.9 Å². The zero-order valence-electron chi connectivity index (χ0n) is 12.4. The second-order valence-electron chi connectivity index (χ2n) is 5.76. The summed E-state index contributed by atoms with van der Waals surface area (Å²) in [5.41, 5.74) is 1.46. The minimum atomic E-state index is 0.737. The Morgan fingerprint density at radius 3 is 2.45 bits per heavy atom. The highest BCUT2D eigenvalue weighted by atomic mass is 35.5. The van der Waals surface area contributed by atoms with E-state index in [-0.39, 0.29) is 0 Å². The number of hydrogen-bond donors (Lipinski definition) is 0. The fraction of sp³-hybridized carbons (Fsp3) is 0.556. The molecule has 0 radical (unpaired) electrons. The Balaban J connectivity index is 1.72. The Morgan fingerprint density at radius 2 is 1.80 bits per heavy atom. The fourth-order valence-electron chi connectivity index (χ4n) is 3.06. The number of halogens is 1. The van der Waals surface area contributed by atoms with Gasteiger partial charge in [0.1, 0.15) is 0 Å². The van der Waals surface area contributed by atoms with E-state index in [1.807, 2.05) is 12.1 Å². The minimum absolute atomic E-state index is 0.737. The van der Waals surface area contributed by atoms with Crippen LogP contribution in [0.25, 0.3) is 0 Å². The standard InChI is InChI=1S/C18H25ClO/c1-20-14-4-2-3-5-15-6-8-16(9-7-15)17-10-12-18(19)13-11-17/h2-3,10-13,15-16H,4-9,14H2,1H3/b3-2+/t15-,16-. The van der Waals surface area contributed by atoms with Crippen LogP contribution in [0, 0.1) is 5.92 Å². The molecular formula is C18H25ClO. The summed E-state index contributed by atoms with van der Waals surface area (Å²) in [4.78, 5) is 0. The second kappa shape index (κ2) is 8.49. The van der Waals surface area contributed by atoms with Crippen LogP contribution in [0.5, 0.6) is 0 Å². The van der Waals surface area contributed by atoms with E-state index in [0.29, 0.717) is 0 Å². The molecule has 2 heteroatoms. The summed E-state index contributed by atoms with van der Waals surface area (Å²) in [5.74, 6) is 1.61. The molecule has 0 aromatic heterocycles. The van der Waals surface area contributed by atoms with Crippen LogP contribution in [0.2, 0.25) is 5.02 Å². The van der Waals surface area contributed by atoms with Gasteiger partial charge in [-0.3, -0.25) is 0 Å². The van der Waals surface area contributed by atoms with Gasteiger partial charge in [0.25, 0.3) is 0 Å². The van der Waals surface area contributed by atoms with Gasteiger partial charge in [0.05, 0.1) is 0 Å². The largest absolute Gasteiger partial charge is 0.384 e. The molecule has 1 aliphatic carbocycles. The Hall–Kier alpha value is -0.790. The van der Waals surface area contributed by atoms with Crippen molar-refractivity contribution in [2.45, 2.75) is 44.4 Å². The first-order valence-electron chi connectivity index (χ1n) is 7.69. The van der Waals surface area contributed by atoms with Crippen LogP contribution in [0.15, 0.2) is 36.4 Å². The average Bonchev–Trinajstić information content (AvgIpc) is 2.49. The Kier molecular flexibility index (Phi) is 6.62. The molecule has 0 saturated heterocycles. The van der Waals surface area contributed by atoms with E-state index in [0.717, 1.165) is 29.9 Å². The molecule has 0 aliphatic heterocycles. The van der Waals surface area contributed by atoms with Crippen LogP contribution in [-0.2, 0) is 4.74 Å². The van der Waals surface area contributed by atoms with E-state index < -0.39 is 0 Å². The summed E-state index contributed by atoms with van der Waals surface area (Å²) in [6.07, 6.45) is 12.2. The monoisotopic (exact) mass is 292 g/mol. The van der Waals surface area contributed by atoms with Crippen LogP contribution >= 0.6 is 11.6 Å². The fourth-order valence-corrected chi connectivity index (χ4v) is 3.18. The molecule has 0 atom stereocenters. The third kappa shape index (κ3) is 4.96. The highest BCUT2D eigenvalue weighted by molar-refractivity contribution is 6.30. The van der Waals surface area contributed by atoms with Crippen molar-refractivity contribution in [2.75, 3.05) is 13.7 Å². The van der Waals surface area contributed by atoms with Crippen molar-refractivity contribution in [2.24, 2.45) is 5.92 Å². The van der Waals surface area contributed by atoms with E-state index in [2.05, 4.69) is 24.3 Å². The van der Waals surface area contributed by atoms with Gasteiger partial charge in [0.2, 0.25) is 0 Å². The van der Waals surface area contributed by atoms with Crippen LogP contribution in [0.1, 0.15) is 50.0 Å². The first-order valence-corrected chi connectivity index (χ1v) is 8.06. The third-order valence-corrected chi connectivity index (χ3v) is 4.56. The van der Waals surface area contributed by atoms with Crippen molar-refractivity contribution >= 4 is 11.6 Å². The van der Waals surface area contributed by atoms with Crippen molar-refractivity contribution in [3.8, 4) is 0 Å². The van der Waals surface area contributed by atoms with Gasteiger partial charge in [-0.15, -0.1) is 0 Å². The molecule has 1 nitrogen and oxygen atoms in total. The molecule has 0 N–H and O–H groups in total. The molecular weight excluding hydrogens is 268 g/mol. The maximum Gasteiger partial charge on any atom is 0.0496 e. The van der Waals surface area contributed by atoms with Crippen LogP contribution < -0.4 is 0 Å². The molecule has 2 rings (SSSR count). The zero-order chi connectivity index (χ0) is 14.2. The van der Waals surface area contributed by atoms with E-state index in [4.69, 9.17) is 16.3 Å². The summed E-state index contributed by atoms with van der Waals surface area (Å²) in [6.45, 7) is 0.833. The zero-order valence-corrected chi connectivity index (χ0v) is 13.1. The molecule has 20 heavy (non-hydrogen) atoms. The van der Waals surface area contributed by atoms with E-state index in [1.165, 1.54) is 37.7 Å². The predicted molar refractivity (Wildman–Crippen MR) is 86.4 cm³/mol. The van der Waals surface area contributed by atoms with Gasteiger partial charge in [0.15, 0.2) is 0 Å². The average molecular weight is 293 g/mol.